The maximum absolute atomic E-state index is 12.8. The summed E-state index contributed by atoms with van der Waals surface area (Å²) >= 11 is 1.73. The number of hydrogen-bond donors (Lipinski definition) is 1. The van der Waals surface area contributed by atoms with Crippen molar-refractivity contribution >= 4 is 38.4 Å². The van der Waals surface area contributed by atoms with Crippen molar-refractivity contribution < 1.29 is 14.3 Å². The summed E-state index contributed by atoms with van der Waals surface area (Å²) in [7, 11) is 3.14. The van der Waals surface area contributed by atoms with Crippen LogP contribution in [0.5, 0.6) is 11.5 Å². The number of nitrogens with one attached hydrogen (secondary N) is 1. The highest BCUT2D eigenvalue weighted by Crippen LogP contribution is 2.35. The van der Waals surface area contributed by atoms with E-state index in [0.717, 1.165) is 23.7 Å². The van der Waals surface area contributed by atoms with Crippen LogP contribution in [0.4, 0.5) is 15.6 Å². The van der Waals surface area contributed by atoms with Gasteiger partial charge in [-0.05, 0) is 43.2 Å². The number of anilines is 2. The zero-order valence-electron chi connectivity index (χ0n) is 17.7. The van der Waals surface area contributed by atoms with Crippen molar-refractivity contribution in [2.45, 2.75) is 13.8 Å². The lowest BCUT2D eigenvalue weighted by Crippen LogP contribution is -2.50. The van der Waals surface area contributed by atoms with E-state index in [2.05, 4.69) is 36.2 Å². The number of nitrogens with zero attached hydrogens (tertiary/aromatic N) is 3. The molecule has 2 amide bonds. The number of carbonyl (C=O) groups excluding carboxylic acids is 1. The van der Waals surface area contributed by atoms with Crippen molar-refractivity contribution in [2.75, 3.05) is 50.6 Å². The number of rotatable bonds is 4. The average Bonchev–Trinajstić information content (AvgIpc) is 3.18. The van der Waals surface area contributed by atoms with Gasteiger partial charge in [0.25, 0.3) is 0 Å². The zero-order chi connectivity index (χ0) is 21.3. The quantitative estimate of drug-likeness (QED) is 0.674. The molecular formula is C22H26N4O3S. The topological polar surface area (TPSA) is 66.9 Å². The Morgan fingerprint density at radius 2 is 1.87 bits per heavy atom. The van der Waals surface area contributed by atoms with Gasteiger partial charge in [0, 0.05) is 26.2 Å². The lowest BCUT2D eigenvalue weighted by atomic mass is 10.1. The van der Waals surface area contributed by atoms with Gasteiger partial charge < -0.3 is 24.6 Å². The molecule has 0 radical (unpaired) electrons. The minimum Gasteiger partial charge on any atom is -0.493 e. The van der Waals surface area contributed by atoms with Crippen LogP contribution in [0.3, 0.4) is 0 Å². The molecule has 8 heteroatoms. The minimum absolute atomic E-state index is 0.142. The van der Waals surface area contributed by atoms with Crippen LogP contribution >= 0.6 is 11.3 Å². The van der Waals surface area contributed by atoms with Crippen LogP contribution in [0.1, 0.15) is 11.1 Å². The van der Waals surface area contributed by atoms with Gasteiger partial charge in [0.1, 0.15) is 0 Å². The van der Waals surface area contributed by atoms with Crippen LogP contribution in [-0.4, -0.2) is 56.3 Å². The number of amides is 2. The molecule has 1 aromatic heterocycles. The summed E-state index contributed by atoms with van der Waals surface area (Å²) in [4.78, 5) is 21.7. The number of fused-ring (bicyclic) bond motifs is 1. The van der Waals surface area contributed by atoms with Gasteiger partial charge in [-0.15, -0.1) is 0 Å². The highest BCUT2D eigenvalue weighted by atomic mass is 32.1. The Kier molecular flexibility index (Phi) is 5.67. The number of hydrogen-bond acceptors (Lipinski definition) is 6. The van der Waals surface area contributed by atoms with E-state index in [1.165, 1.54) is 15.8 Å². The average molecular weight is 427 g/mol. The first kappa shape index (κ1) is 20.3. The molecule has 1 N–H and O–H groups in total. The molecule has 1 aliphatic heterocycles. The predicted octanol–water partition coefficient (Wildman–Crippen LogP) is 4.28. The van der Waals surface area contributed by atoms with Crippen molar-refractivity contribution in [1.82, 2.24) is 9.88 Å². The molecule has 0 aliphatic carbocycles. The molecule has 2 aromatic carbocycles. The summed E-state index contributed by atoms with van der Waals surface area (Å²) in [6.45, 7) is 6.99. The number of para-hydroxylation sites is 1. The molecule has 0 unspecified atom stereocenters. The lowest BCUT2D eigenvalue weighted by Gasteiger charge is -2.34. The van der Waals surface area contributed by atoms with E-state index in [1.807, 2.05) is 11.0 Å². The Labute approximate surface area is 180 Å². The molecule has 1 saturated heterocycles. The maximum Gasteiger partial charge on any atom is 0.322 e. The number of ether oxygens (including phenoxy) is 2. The number of piperazine rings is 1. The van der Waals surface area contributed by atoms with Crippen molar-refractivity contribution in [3.63, 3.8) is 0 Å². The summed E-state index contributed by atoms with van der Waals surface area (Å²) in [5.41, 5.74) is 4.14. The van der Waals surface area contributed by atoms with Crippen molar-refractivity contribution in [3.05, 3.63) is 41.5 Å². The summed E-state index contributed by atoms with van der Waals surface area (Å²) in [6, 6.07) is 9.62. The molecule has 4 rings (SSSR count). The van der Waals surface area contributed by atoms with Crippen LogP contribution in [0.2, 0.25) is 0 Å². The van der Waals surface area contributed by atoms with E-state index in [-0.39, 0.29) is 6.03 Å². The number of methoxy groups -OCH3 is 2. The number of urea groups is 1. The van der Waals surface area contributed by atoms with Crippen LogP contribution in [-0.2, 0) is 0 Å². The van der Waals surface area contributed by atoms with Gasteiger partial charge >= 0.3 is 6.03 Å². The first-order valence-electron chi connectivity index (χ1n) is 9.90. The predicted molar refractivity (Wildman–Crippen MR) is 121 cm³/mol. The molecule has 1 fully saturated rings. The van der Waals surface area contributed by atoms with E-state index in [0.29, 0.717) is 30.3 Å². The molecule has 3 aromatic rings. The van der Waals surface area contributed by atoms with Gasteiger partial charge in [-0.1, -0.05) is 23.5 Å². The van der Waals surface area contributed by atoms with E-state index in [1.54, 1.807) is 37.7 Å². The second-order valence-electron chi connectivity index (χ2n) is 7.37. The van der Waals surface area contributed by atoms with Gasteiger partial charge in [0.2, 0.25) is 0 Å². The highest BCUT2D eigenvalue weighted by molar-refractivity contribution is 7.22. The van der Waals surface area contributed by atoms with Gasteiger partial charge in [-0.25, -0.2) is 9.78 Å². The third-order valence-corrected chi connectivity index (χ3v) is 6.56. The first-order chi connectivity index (χ1) is 14.5. The van der Waals surface area contributed by atoms with Crippen LogP contribution in [0.25, 0.3) is 10.2 Å². The molecule has 158 valence electrons. The van der Waals surface area contributed by atoms with Crippen molar-refractivity contribution in [1.29, 1.82) is 0 Å². The van der Waals surface area contributed by atoms with Gasteiger partial charge in [-0.3, -0.25) is 0 Å². The molecule has 0 atom stereocenters. The molecule has 7 nitrogen and oxygen atoms in total. The summed E-state index contributed by atoms with van der Waals surface area (Å²) < 4.78 is 11.9. The van der Waals surface area contributed by atoms with Crippen LogP contribution in [0, 0.1) is 13.8 Å². The van der Waals surface area contributed by atoms with E-state index in [9.17, 15) is 4.79 Å². The first-order valence-corrected chi connectivity index (χ1v) is 10.7. The maximum atomic E-state index is 12.8. The lowest BCUT2D eigenvalue weighted by molar-refractivity contribution is 0.208. The third-order valence-electron chi connectivity index (χ3n) is 5.29. The number of benzene rings is 2. The molecule has 0 spiro atoms. The molecular weight excluding hydrogens is 400 g/mol. The summed E-state index contributed by atoms with van der Waals surface area (Å²) in [5.74, 6) is 1.11. The fourth-order valence-electron chi connectivity index (χ4n) is 3.78. The van der Waals surface area contributed by atoms with Gasteiger partial charge in [-0.2, -0.15) is 0 Å². The normalized spacial score (nSPS) is 14.1. The third kappa shape index (κ3) is 3.87. The Bertz CT molecular complexity index is 1070. The van der Waals surface area contributed by atoms with E-state index in [4.69, 9.17) is 14.5 Å². The Morgan fingerprint density at radius 3 is 2.57 bits per heavy atom. The van der Waals surface area contributed by atoms with Gasteiger partial charge in [0.15, 0.2) is 16.6 Å². The smallest absolute Gasteiger partial charge is 0.322 e. The fourth-order valence-corrected chi connectivity index (χ4v) is 4.85. The number of carbonyl (C=O) groups is 1. The summed E-state index contributed by atoms with van der Waals surface area (Å²) in [6.07, 6.45) is 0. The van der Waals surface area contributed by atoms with Crippen molar-refractivity contribution in [3.8, 4) is 11.5 Å². The van der Waals surface area contributed by atoms with E-state index < -0.39 is 0 Å². The number of aryl methyl sites for hydroxylation is 2. The molecule has 0 bridgehead atoms. The molecule has 0 saturated carbocycles. The SMILES string of the molecule is COc1cccc(NC(=O)N2CCN(c3nc4cc(C)cc(C)c4s3)CC2)c1OC. The fraction of sp³-hybridized carbons (Fsp3) is 0.364. The molecule has 1 aliphatic rings. The zero-order valence-corrected chi connectivity index (χ0v) is 18.5. The van der Waals surface area contributed by atoms with E-state index >= 15 is 0 Å². The highest BCUT2D eigenvalue weighted by Gasteiger charge is 2.24. The van der Waals surface area contributed by atoms with Crippen molar-refractivity contribution in [2.24, 2.45) is 0 Å². The number of aromatic nitrogens is 1. The monoisotopic (exact) mass is 426 g/mol. The van der Waals surface area contributed by atoms with Gasteiger partial charge in [0.05, 0.1) is 30.1 Å². The van der Waals surface area contributed by atoms with Crippen LogP contribution in [0.15, 0.2) is 30.3 Å². The Hall–Kier alpha value is -3.00. The van der Waals surface area contributed by atoms with Crippen LogP contribution < -0.4 is 19.7 Å². The second-order valence-corrected chi connectivity index (χ2v) is 8.35. The number of thiazole rings is 1. The largest absolute Gasteiger partial charge is 0.493 e. The molecule has 30 heavy (non-hydrogen) atoms. The minimum atomic E-state index is -0.142. The standard InChI is InChI=1S/C22H26N4O3S/c1-14-12-15(2)20-17(13-14)24-22(30-20)26-10-8-25(9-11-26)21(27)23-16-6-5-7-18(28-3)19(16)29-4/h5-7,12-13H,8-11H2,1-4H3,(H,23,27). The summed E-state index contributed by atoms with van der Waals surface area (Å²) in [5, 5.41) is 3.97. The second kappa shape index (κ2) is 8.39. The Balaban J connectivity index is 1.42. The Morgan fingerprint density at radius 1 is 1.10 bits per heavy atom. The molecule has 2 heterocycles.